The van der Waals surface area contributed by atoms with Gasteiger partial charge in [0, 0.05) is 5.92 Å². The number of esters is 1. The minimum Gasteiger partial charge on any atom is -0.481 e. The van der Waals surface area contributed by atoms with Crippen LogP contribution in [0, 0.1) is 17.8 Å². The molecule has 2 saturated carbocycles. The summed E-state index contributed by atoms with van der Waals surface area (Å²) in [7, 11) is 0. The first-order chi connectivity index (χ1) is 9.96. The van der Waals surface area contributed by atoms with Crippen molar-refractivity contribution in [1.29, 1.82) is 0 Å². The lowest BCUT2D eigenvalue weighted by Crippen LogP contribution is -2.28. The smallest absolute Gasteiger partial charge is 0.307 e. The van der Waals surface area contributed by atoms with Gasteiger partial charge in [0.1, 0.15) is 5.60 Å². The van der Waals surface area contributed by atoms with Gasteiger partial charge in [-0.25, -0.2) is 0 Å². The van der Waals surface area contributed by atoms with Gasteiger partial charge in [-0.05, 0) is 44.9 Å². The minimum absolute atomic E-state index is 0.0176. The molecule has 0 aromatic carbocycles. The molecule has 0 saturated heterocycles. The number of carboxylic acids is 1. The highest BCUT2D eigenvalue weighted by Gasteiger charge is 2.53. The maximum atomic E-state index is 12.1. The molecule has 0 unspecified atom stereocenters. The van der Waals surface area contributed by atoms with E-state index in [0.717, 1.165) is 44.9 Å². The molecule has 0 aliphatic heterocycles. The van der Waals surface area contributed by atoms with Crippen LogP contribution in [0.15, 0.2) is 12.7 Å². The molecule has 4 heteroatoms. The van der Waals surface area contributed by atoms with Gasteiger partial charge >= 0.3 is 11.9 Å². The maximum Gasteiger partial charge on any atom is 0.307 e. The number of ether oxygens (including phenoxy) is 1. The highest BCUT2D eigenvalue weighted by Crippen LogP contribution is 2.49. The Balaban J connectivity index is 1.83. The molecule has 2 fully saturated rings. The lowest BCUT2D eigenvalue weighted by atomic mass is 9.88. The fraction of sp³-hybridized carbons (Fsp3) is 0.765. The summed E-state index contributed by atoms with van der Waals surface area (Å²) >= 11 is 0. The van der Waals surface area contributed by atoms with Crippen molar-refractivity contribution < 1.29 is 19.4 Å². The van der Waals surface area contributed by atoms with Crippen LogP contribution in [-0.2, 0) is 14.3 Å². The van der Waals surface area contributed by atoms with Crippen molar-refractivity contribution >= 4 is 11.9 Å². The van der Waals surface area contributed by atoms with Crippen LogP contribution in [0.1, 0.15) is 58.3 Å². The molecular formula is C17H26O4. The van der Waals surface area contributed by atoms with Gasteiger partial charge in [-0.3, -0.25) is 9.59 Å². The Morgan fingerprint density at radius 1 is 1.43 bits per heavy atom. The summed E-state index contributed by atoms with van der Waals surface area (Å²) < 4.78 is 5.56. The molecule has 0 spiro atoms. The first-order valence-corrected chi connectivity index (χ1v) is 8.02. The second-order valence-corrected chi connectivity index (χ2v) is 6.75. The van der Waals surface area contributed by atoms with Crippen LogP contribution in [0.2, 0.25) is 0 Å². The molecule has 21 heavy (non-hydrogen) atoms. The molecule has 0 amide bonds. The van der Waals surface area contributed by atoms with Crippen LogP contribution < -0.4 is 0 Å². The molecule has 0 radical (unpaired) electrons. The SMILES string of the molecule is C=CCC[C@@H]1C[C@@]1(C)OC(=O)C[C@H](C(=O)O)C1CCCC1. The third-order valence-corrected chi connectivity index (χ3v) is 5.09. The quantitative estimate of drug-likeness (QED) is 0.549. The topological polar surface area (TPSA) is 63.6 Å². The zero-order valence-corrected chi connectivity index (χ0v) is 12.8. The van der Waals surface area contributed by atoms with Crippen molar-refractivity contribution in [2.75, 3.05) is 0 Å². The summed E-state index contributed by atoms with van der Waals surface area (Å²) in [5.74, 6) is -1.25. The molecule has 0 heterocycles. The van der Waals surface area contributed by atoms with Crippen molar-refractivity contribution in [3.05, 3.63) is 12.7 Å². The number of aliphatic carboxylic acids is 1. The van der Waals surface area contributed by atoms with Crippen molar-refractivity contribution in [3.63, 3.8) is 0 Å². The Hall–Kier alpha value is -1.32. The molecule has 0 bridgehead atoms. The van der Waals surface area contributed by atoms with Gasteiger partial charge in [-0.15, -0.1) is 6.58 Å². The second kappa shape index (κ2) is 6.63. The van der Waals surface area contributed by atoms with Crippen LogP contribution in [0.25, 0.3) is 0 Å². The molecule has 0 aromatic rings. The molecule has 4 nitrogen and oxygen atoms in total. The number of carboxylic acid groups (broad SMARTS) is 1. The Morgan fingerprint density at radius 3 is 2.67 bits per heavy atom. The lowest BCUT2D eigenvalue weighted by Gasteiger charge is -2.20. The van der Waals surface area contributed by atoms with E-state index in [-0.39, 0.29) is 23.9 Å². The van der Waals surface area contributed by atoms with Gasteiger partial charge in [0.2, 0.25) is 0 Å². The predicted octanol–water partition coefficient (Wildman–Crippen LogP) is 3.56. The maximum absolute atomic E-state index is 12.1. The van der Waals surface area contributed by atoms with Gasteiger partial charge in [-0.2, -0.15) is 0 Å². The highest BCUT2D eigenvalue weighted by molar-refractivity contribution is 5.79. The van der Waals surface area contributed by atoms with Crippen molar-refractivity contribution in [2.45, 2.75) is 63.9 Å². The van der Waals surface area contributed by atoms with Crippen LogP contribution >= 0.6 is 0 Å². The molecule has 2 aliphatic carbocycles. The number of carbonyl (C=O) groups excluding carboxylic acids is 1. The van der Waals surface area contributed by atoms with E-state index in [1.165, 1.54) is 0 Å². The Kier molecular flexibility index (Phi) is 5.07. The van der Waals surface area contributed by atoms with Crippen LogP contribution in [0.4, 0.5) is 0 Å². The van der Waals surface area contributed by atoms with Gasteiger partial charge in [0.15, 0.2) is 0 Å². The summed E-state index contributed by atoms with van der Waals surface area (Å²) in [4.78, 5) is 23.5. The standard InChI is InChI=1S/C17H26O4/c1-3-4-9-13-11-17(13,2)21-15(18)10-14(16(19)20)12-7-5-6-8-12/h3,12-14H,1,4-11H2,2H3,(H,19,20)/t13-,14+,17-/m1/s1. The number of carbonyl (C=O) groups is 2. The van der Waals surface area contributed by atoms with Gasteiger partial charge in [0.25, 0.3) is 0 Å². The van der Waals surface area contributed by atoms with E-state index in [1.807, 2.05) is 13.0 Å². The first kappa shape index (κ1) is 16.1. The fourth-order valence-electron chi connectivity index (χ4n) is 3.58. The average Bonchev–Trinajstić information content (AvgIpc) is 2.84. The van der Waals surface area contributed by atoms with Crippen molar-refractivity contribution in [3.8, 4) is 0 Å². The predicted molar refractivity (Wildman–Crippen MR) is 79.7 cm³/mol. The van der Waals surface area contributed by atoms with Crippen molar-refractivity contribution in [1.82, 2.24) is 0 Å². The first-order valence-electron chi connectivity index (χ1n) is 8.02. The molecular weight excluding hydrogens is 268 g/mol. The molecule has 2 rings (SSSR count). The van der Waals surface area contributed by atoms with Crippen LogP contribution in [0.3, 0.4) is 0 Å². The highest BCUT2D eigenvalue weighted by atomic mass is 16.6. The van der Waals surface area contributed by atoms with E-state index in [1.54, 1.807) is 0 Å². The zero-order valence-electron chi connectivity index (χ0n) is 12.8. The molecule has 1 N–H and O–H groups in total. The monoisotopic (exact) mass is 294 g/mol. The van der Waals surface area contributed by atoms with E-state index in [4.69, 9.17) is 4.74 Å². The van der Waals surface area contributed by atoms with Crippen LogP contribution in [0.5, 0.6) is 0 Å². The van der Waals surface area contributed by atoms with E-state index >= 15 is 0 Å². The number of hydrogen-bond acceptors (Lipinski definition) is 3. The Bertz CT molecular complexity index is 411. The summed E-state index contributed by atoms with van der Waals surface area (Å²) in [5.41, 5.74) is -0.376. The second-order valence-electron chi connectivity index (χ2n) is 6.75. The third-order valence-electron chi connectivity index (χ3n) is 5.09. The molecule has 0 aromatic heterocycles. The van der Waals surface area contributed by atoms with Crippen molar-refractivity contribution in [2.24, 2.45) is 17.8 Å². The van der Waals surface area contributed by atoms with E-state index in [0.29, 0.717) is 5.92 Å². The minimum atomic E-state index is -0.858. The summed E-state index contributed by atoms with van der Waals surface area (Å²) in [5, 5.41) is 9.35. The summed E-state index contributed by atoms with van der Waals surface area (Å²) in [6.07, 6.45) is 8.68. The normalized spacial score (nSPS) is 29.9. The van der Waals surface area contributed by atoms with Gasteiger partial charge < -0.3 is 9.84 Å². The molecule has 3 atom stereocenters. The molecule has 2 aliphatic rings. The summed E-state index contributed by atoms with van der Waals surface area (Å²) in [6, 6.07) is 0. The van der Waals surface area contributed by atoms with E-state index in [2.05, 4.69) is 6.58 Å². The van der Waals surface area contributed by atoms with E-state index < -0.39 is 11.9 Å². The summed E-state index contributed by atoms with van der Waals surface area (Å²) in [6.45, 7) is 5.65. The lowest BCUT2D eigenvalue weighted by molar-refractivity contribution is -0.158. The molecule has 118 valence electrons. The number of allylic oxidation sites excluding steroid dienone is 1. The average molecular weight is 294 g/mol. The largest absolute Gasteiger partial charge is 0.481 e. The third kappa shape index (κ3) is 4.08. The van der Waals surface area contributed by atoms with Crippen LogP contribution in [-0.4, -0.2) is 22.6 Å². The number of rotatable bonds is 8. The zero-order chi connectivity index (χ0) is 15.5. The Labute approximate surface area is 126 Å². The van der Waals surface area contributed by atoms with E-state index in [9.17, 15) is 14.7 Å². The fourth-order valence-corrected chi connectivity index (χ4v) is 3.58. The Morgan fingerprint density at radius 2 is 2.10 bits per heavy atom. The number of hydrogen-bond donors (Lipinski definition) is 1. The van der Waals surface area contributed by atoms with Gasteiger partial charge in [0.05, 0.1) is 12.3 Å². The van der Waals surface area contributed by atoms with Gasteiger partial charge in [-0.1, -0.05) is 18.9 Å².